The number of alkyl halides is 3. The highest BCUT2D eigenvalue weighted by atomic mass is 32.2. The lowest BCUT2D eigenvalue weighted by atomic mass is 10.2. The molecule has 0 fully saturated rings. The van der Waals surface area contributed by atoms with Gasteiger partial charge in [0.2, 0.25) is 5.75 Å². The fourth-order valence-electron chi connectivity index (χ4n) is 2.62. The van der Waals surface area contributed by atoms with Gasteiger partial charge in [0.1, 0.15) is 5.82 Å². The molecule has 0 amide bonds. The van der Waals surface area contributed by atoms with Gasteiger partial charge in [0, 0.05) is 24.7 Å². The van der Waals surface area contributed by atoms with Crippen LogP contribution in [0.15, 0.2) is 26.6 Å². The second kappa shape index (κ2) is 7.31. The van der Waals surface area contributed by atoms with Crippen molar-refractivity contribution in [3.8, 4) is 5.69 Å². The average molecular weight is 395 g/mol. The molecule has 1 atom stereocenters. The van der Waals surface area contributed by atoms with Crippen LogP contribution in [0, 0.1) is 12.7 Å². The average Bonchev–Trinajstić information content (AvgIpc) is 2.75. The molecule has 0 aliphatic carbocycles. The van der Waals surface area contributed by atoms with E-state index in [9.17, 15) is 31.7 Å². The van der Waals surface area contributed by atoms with Crippen LogP contribution in [0.25, 0.3) is 5.69 Å². The molecule has 0 saturated carbocycles. The Kier molecular flexibility index (Phi) is 5.71. The van der Waals surface area contributed by atoms with E-state index in [0.29, 0.717) is 4.57 Å². The van der Waals surface area contributed by atoms with Crippen molar-refractivity contribution in [1.29, 1.82) is 0 Å². The van der Waals surface area contributed by atoms with Gasteiger partial charge >= 0.3 is 17.6 Å². The van der Waals surface area contributed by atoms with E-state index in [0.717, 1.165) is 21.5 Å². The summed E-state index contributed by atoms with van der Waals surface area (Å²) < 4.78 is 66.7. The van der Waals surface area contributed by atoms with Crippen molar-refractivity contribution >= 4 is 11.2 Å². The highest BCUT2D eigenvalue weighted by Crippen LogP contribution is 2.27. The second-order valence-corrected chi connectivity index (χ2v) is 6.93. The molecule has 0 aliphatic heterocycles. The summed E-state index contributed by atoms with van der Waals surface area (Å²) in [6.45, 7) is 4.84. The second-order valence-electron chi connectivity index (χ2n) is 5.51. The van der Waals surface area contributed by atoms with Gasteiger partial charge in [-0.05, 0) is 38.0 Å². The molecule has 144 valence electrons. The first kappa shape index (κ1) is 20.3. The summed E-state index contributed by atoms with van der Waals surface area (Å²) in [7, 11) is 0. The number of aromatic nitrogens is 3. The van der Waals surface area contributed by atoms with E-state index in [1.54, 1.807) is 13.8 Å². The van der Waals surface area contributed by atoms with Crippen molar-refractivity contribution in [2.75, 3.05) is 5.75 Å². The molecule has 2 rings (SSSR count). The van der Waals surface area contributed by atoms with Gasteiger partial charge < -0.3 is 4.55 Å². The Morgan fingerprint density at radius 3 is 2.00 bits per heavy atom. The van der Waals surface area contributed by atoms with Crippen molar-refractivity contribution < 1.29 is 22.1 Å². The minimum atomic E-state index is -4.68. The van der Waals surface area contributed by atoms with E-state index in [1.807, 2.05) is 0 Å². The monoisotopic (exact) mass is 395 g/mol. The van der Waals surface area contributed by atoms with Gasteiger partial charge in [-0.25, -0.2) is 27.9 Å². The lowest BCUT2D eigenvalue weighted by Crippen LogP contribution is -2.29. The normalized spacial score (nSPS) is 13.2. The SMILES string of the molecule is CCn1c(=O)n(-c2cc([S+]([O-])CC(F)(F)F)c(C)cc2F)c(=O)n1CC. The molecule has 1 aromatic carbocycles. The third kappa shape index (κ3) is 3.73. The highest BCUT2D eigenvalue weighted by molar-refractivity contribution is 7.91. The van der Waals surface area contributed by atoms with E-state index in [-0.39, 0.29) is 23.5 Å². The molecular weight excluding hydrogens is 378 g/mol. The van der Waals surface area contributed by atoms with Gasteiger partial charge in [0.25, 0.3) is 0 Å². The van der Waals surface area contributed by atoms with Crippen LogP contribution in [-0.2, 0) is 24.3 Å². The number of rotatable bonds is 5. The van der Waals surface area contributed by atoms with Crippen molar-refractivity contribution in [2.24, 2.45) is 0 Å². The Balaban J connectivity index is 2.70. The van der Waals surface area contributed by atoms with Crippen LogP contribution in [0.1, 0.15) is 19.4 Å². The number of nitrogens with zero attached hydrogens (tertiary/aromatic N) is 3. The molecule has 11 heteroatoms. The zero-order chi connectivity index (χ0) is 19.8. The van der Waals surface area contributed by atoms with Crippen molar-refractivity contribution in [2.45, 2.75) is 44.9 Å². The zero-order valence-electron chi connectivity index (χ0n) is 14.3. The number of aryl methyl sites for hydroxylation is 1. The lowest BCUT2D eigenvalue weighted by Gasteiger charge is -2.15. The number of hydrogen-bond acceptors (Lipinski definition) is 3. The van der Waals surface area contributed by atoms with Crippen LogP contribution in [0.4, 0.5) is 17.6 Å². The summed E-state index contributed by atoms with van der Waals surface area (Å²) >= 11 is -2.49. The van der Waals surface area contributed by atoms with E-state index in [4.69, 9.17) is 0 Å². The van der Waals surface area contributed by atoms with Crippen molar-refractivity contribution in [3.63, 3.8) is 0 Å². The molecule has 2 aromatic rings. The van der Waals surface area contributed by atoms with Crippen LogP contribution in [0.5, 0.6) is 0 Å². The molecule has 0 radical (unpaired) electrons. The molecule has 1 aromatic heterocycles. The smallest absolute Gasteiger partial charge is 0.433 e. The van der Waals surface area contributed by atoms with Crippen molar-refractivity contribution in [1.82, 2.24) is 13.9 Å². The third-order valence-corrected chi connectivity index (χ3v) is 5.26. The third-order valence-electron chi connectivity index (χ3n) is 3.74. The van der Waals surface area contributed by atoms with Gasteiger partial charge in [-0.2, -0.15) is 13.2 Å². The fraction of sp³-hybridized carbons (Fsp3) is 0.467. The van der Waals surface area contributed by atoms with Crippen LogP contribution in [0.3, 0.4) is 0 Å². The molecule has 0 aliphatic rings. The molecule has 6 nitrogen and oxygen atoms in total. The first-order valence-corrected chi connectivity index (χ1v) is 9.02. The van der Waals surface area contributed by atoms with Gasteiger partial charge in [-0.3, -0.25) is 0 Å². The predicted molar refractivity (Wildman–Crippen MR) is 87.7 cm³/mol. The maximum absolute atomic E-state index is 14.4. The predicted octanol–water partition coefficient (Wildman–Crippen LogP) is 1.96. The molecule has 0 bridgehead atoms. The largest absolute Gasteiger partial charge is 0.611 e. The molecular formula is C15H17F4N3O3S. The molecule has 0 saturated heterocycles. The summed E-state index contributed by atoms with van der Waals surface area (Å²) in [4.78, 5) is 24.6. The van der Waals surface area contributed by atoms with Gasteiger partial charge in [-0.15, -0.1) is 0 Å². The number of hydrogen-bond donors (Lipinski definition) is 0. The Labute approximate surface area is 148 Å². The van der Waals surface area contributed by atoms with E-state index < -0.39 is 46.0 Å². The first-order chi connectivity index (χ1) is 12.0. The van der Waals surface area contributed by atoms with E-state index >= 15 is 0 Å². The molecule has 1 heterocycles. The summed E-state index contributed by atoms with van der Waals surface area (Å²) in [5.74, 6) is -2.57. The molecule has 0 spiro atoms. The Morgan fingerprint density at radius 1 is 1.08 bits per heavy atom. The van der Waals surface area contributed by atoms with Crippen molar-refractivity contribution in [3.05, 3.63) is 44.5 Å². The maximum Gasteiger partial charge on any atom is 0.433 e. The number of benzene rings is 1. The maximum atomic E-state index is 14.4. The Bertz CT molecular complexity index is 894. The Hall–Kier alpha value is -2.01. The minimum Gasteiger partial charge on any atom is -0.611 e. The first-order valence-electron chi connectivity index (χ1n) is 7.70. The van der Waals surface area contributed by atoms with Gasteiger partial charge in [0.05, 0.1) is 5.69 Å². The van der Waals surface area contributed by atoms with E-state index in [2.05, 4.69) is 0 Å². The summed E-state index contributed by atoms with van der Waals surface area (Å²) in [5.41, 5.74) is -2.14. The minimum absolute atomic E-state index is 0.0348. The van der Waals surface area contributed by atoms with Gasteiger partial charge in [0.15, 0.2) is 4.90 Å². The van der Waals surface area contributed by atoms with Crippen LogP contribution in [-0.4, -0.2) is 30.4 Å². The summed E-state index contributed by atoms with van der Waals surface area (Å²) in [6, 6.07) is 1.74. The summed E-state index contributed by atoms with van der Waals surface area (Å²) in [6.07, 6.45) is -4.68. The van der Waals surface area contributed by atoms with Crippen LogP contribution in [0.2, 0.25) is 0 Å². The quantitative estimate of drug-likeness (QED) is 0.574. The fourth-order valence-corrected chi connectivity index (χ4v) is 3.74. The molecule has 0 N–H and O–H groups in total. The summed E-state index contributed by atoms with van der Waals surface area (Å²) in [5, 5.41) is 0. The standard InChI is InChI=1S/C15H17F4N3O3S/c1-4-20-13(23)22(14(24)21(20)5-2)11-7-12(9(3)6-10(11)16)26(25)8-15(17,18)19/h6-7H,4-5,8H2,1-3H3. The van der Waals surface area contributed by atoms with Gasteiger partial charge in [-0.1, -0.05) is 0 Å². The Morgan fingerprint density at radius 2 is 1.58 bits per heavy atom. The molecule has 1 unspecified atom stereocenters. The highest BCUT2D eigenvalue weighted by Gasteiger charge is 2.36. The number of halogens is 4. The van der Waals surface area contributed by atoms with Crippen LogP contribution < -0.4 is 11.4 Å². The molecule has 26 heavy (non-hydrogen) atoms. The van der Waals surface area contributed by atoms with E-state index in [1.165, 1.54) is 6.92 Å². The zero-order valence-corrected chi connectivity index (χ0v) is 15.1. The topological polar surface area (TPSA) is 72.0 Å². The lowest BCUT2D eigenvalue weighted by molar-refractivity contribution is -0.106. The van der Waals surface area contributed by atoms with Crippen LogP contribution >= 0.6 is 0 Å².